The van der Waals surface area contributed by atoms with Gasteiger partial charge in [-0.05, 0) is 32.0 Å². The van der Waals surface area contributed by atoms with E-state index in [1.165, 1.54) is 0 Å². The van der Waals surface area contributed by atoms with E-state index in [9.17, 15) is 9.59 Å². The molecule has 180 valence electrons. The minimum absolute atomic E-state index is 0.0252. The number of carbonyl (C=O) groups excluding carboxylic acids is 2. The number of anilines is 1. The zero-order valence-electron chi connectivity index (χ0n) is 19.9. The molecule has 10 heteroatoms. The van der Waals surface area contributed by atoms with Crippen molar-refractivity contribution in [2.75, 3.05) is 31.6 Å². The standard InChI is InChI=1S/C25H27N7O3/c1-15-14-31(23-19-13-29-30-20(19)8-10-28-23)11-12-32(15)25(34)16(2)35-21-6-4-5-18-17(21)7-9-27-22(18)24(33)26-3/h4-10,13,15-16H,11-12,14H2,1-3H3,(H,26,33)(H,29,30)/t15-,16+/m1/s1. The van der Waals surface area contributed by atoms with Gasteiger partial charge in [-0.2, -0.15) is 5.10 Å². The van der Waals surface area contributed by atoms with E-state index in [0.29, 0.717) is 36.5 Å². The van der Waals surface area contributed by atoms with Crippen LogP contribution in [0.5, 0.6) is 5.75 Å². The maximum atomic E-state index is 13.4. The van der Waals surface area contributed by atoms with Gasteiger partial charge in [0.15, 0.2) is 6.10 Å². The number of fused-ring (bicyclic) bond motifs is 2. The maximum Gasteiger partial charge on any atom is 0.270 e. The van der Waals surface area contributed by atoms with Crippen molar-refractivity contribution in [3.8, 4) is 5.75 Å². The van der Waals surface area contributed by atoms with E-state index in [-0.39, 0.29) is 17.9 Å². The van der Waals surface area contributed by atoms with E-state index in [1.54, 1.807) is 50.8 Å². The first kappa shape index (κ1) is 22.6. The molecule has 0 saturated carbocycles. The van der Waals surface area contributed by atoms with Gasteiger partial charge in [-0.3, -0.25) is 19.7 Å². The molecule has 4 aromatic rings. The summed E-state index contributed by atoms with van der Waals surface area (Å²) >= 11 is 0. The van der Waals surface area contributed by atoms with Crippen molar-refractivity contribution < 1.29 is 14.3 Å². The van der Waals surface area contributed by atoms with Gasteiger partial charge < -0.3 is 19.9 Å². The van der Waals surface area contributed by atoms with Crippen LogP contribution >= 0.6 is 0 Å². The van der Waals surface area contributed by atoms with Gasteiger partial charge in [0.2, 0.25) is 0 Å². The maximum absolute atomic E-state index is 13.4. The van der Waals surface area contributed by atoms with E-state index < -0.39 is 6.10 Å². The van der Waals surface area contributed by atoms with Crippen molar-refractivity contribution in [1.29, 1.82) is 0 Å². The van der Waals surface area contributed by atoms with Gasteiger partial charge >= 0.3 is 0 Å². The predicted octanol–water partition coefficient (Wildman–Crippen LogP) is 2.37. The summed E-state index contributed by atoms with van der Waals surface area (Å²) < 4.78 is 6.13. The molecule has 2 atom stereocenters. The van der Waals surface area contributed by atoms with Crippen LogP contribution in [-0.4, -0.2) is 75.7 Å². The van der Waals surface area contributed by atoms with Gasteiger partial charge in [0.1, 0.15) is 17.3 Å². The van der Waals surface area contributed by atoms with E-state index >= 15 is 0 Å². The first-order valence-electron chi connectivity index (χ1n) is 11.6. The predicted molar refractivity (Wildman–Crippen MR) is 132 cm³/mol. The summed E-state index contributed by atoms with van der Waals surface area (Å²) in [6.07, 6.45) is 4.43. The molecule has 35 heavy (non-hydrogen) atoms. The Bertz CT molecular complexity index is 1400. The van der Waals surface area contributed by atoms with Crippen molar-refractivity contribution in [3.05, 3.63) is 54.6 Å². The number of carbonyl (C=O) groups is 2. The van der Waals surface area contributed by atoms with Gasteiger partial charge in [-0.25, -0.2) is 4.98 Å². The molecule has 0 spiro atoms. The number of hydrogen-bond acceptors (Lipinski definition) is 7. The fraction of sp³-hybridized carbons (Fsp3) is 0.320. The molecule has 1 aliphatic rings. The number of hydrogen-bond donors (Lipinski definition) is 2. The molecular weight excluding hydrogens is 446 g/mol. The number of aromatic amines is 1. The second-order valence-corrected chi connectivity index (χ2v) is 8.64. The quantitative estimate of drug-likeness (QED) is 0.457. The fourth-order valence-corrected chi connectivity index (χ4v) is 4.64. The third-order valence-electron chi connectivity index (χ3n) is 6.42. The number of aromatic nitrogens is 4. The van der Waals surface area contributed by atoms with Crippen molar-refractivity contribution in [3.63, 3.8) is 0 Å². The zero-order chi connectivity index (χ0) is 24.5. The summed E-state index contributed by atoms with van der Waals surface area (Å²) in [7, 11) is 1.57. The summed E-state index contributed by atoms with van der Waals surface area (Å²) in [6.45, 7) is 5.67. The second-order valence-electron chi connectivity index (χ2n) is 8.64. The minimum atomic E-state index is -0.693. The van der Waals surface area contributed by atoms with Crippen LogP contribution < -0.4 is 15.0 Å². The van der Waals surface area contributed by atoms with Crippen molar-refractivity contribution in [1.82, 2.24) is 30.4 Å². The van der Waals surface area contributed by atoms with Crippen molar-refractivity contribution in [2.24, 2.45) is 0 Å². The van der Waals surface area contributed by atoms with Gasteiger partial charge in [-0.15, -0.1) is 0 Å². The van der Waals surface area contributed by atoms with Crippen LogP contribution in [0.2, 0.25) is 0 Å². The number of piperazine rings is 1. The highest BCUT2D eigenvalue weighted by atomic mass is 16.5. The van der Waals surface area contributed by atoms with Crippen molar-refractivity contribution in [2.45, 2.75) is 26.0 Å². The number of nitrogens with one attached hydrogen (secondary N) is 2. The summed E-state index contributed by atoms with van der Waals surface area (Å²) in [4.78, 5) is 38.4. The summed E-state index contributed by atoms with van der Waals surface area (Å²) in [5, 5.41) is 12.1. The van der Waals surface area contributed by atoms with E-state index in [4.69, 9.17) is 4.74 Å². The summed E-state index contributed by atoms with van der Waals surface area (Å²) in [6, 6.07) is 9.09. The Balaban J connectivity index is 1.31. The highest BCUT2D eigenvalue weighted by Gasteiger charge is 2.32. The number of rotatable bonds is 5. The van der Waals surface area contributed by atoms with Crippen LogP contribution in [0.4, 0.5) is 5.82 Å². The van der Waals surface area contributed by atoms with Crippen LogP contribution in [0, 0.1) is 0 Å². The molecule has 1 fully saturated rings. The third kappa shape index (κ3) is 4.11. The molecule has 1 aliphatic heterocycles. The van der Waals surface area contributed by atoms with Gasteiger partial charge in [-0.1, -0.05) is 12.1 Å². The monoisotopic (exact) mass is 473 g/mol. The first-order valence-corrected chi connectivity index (χ1v) is 11.6. The molecule has 0 bridgehead atoms. The Morgan fingerprint density at radius 1 is 1.11 bits per heavy atom. The second kappa shape index (κ2) is 9.21. The smallest absolute Gasteiger partial charge is 0.270 e. The van der Waals surface area contributed by atoms with E-state index in [2.05, 4.69) is 30.4 Å². The van der Waals surface area contributed by atoms with E-state index in [0.717, 1.165) is 22.1 Å². The Morgan fingerprint density at radius 2 is 1.94 bits per heavy atom. The lowest BCUT2D eigenvalue weighted by Crippen LogP contribution is -2.56. The Morgan fingerprint density at radius 3 is 2.74 bits per heavy atom. The lowest BCUT2D eigenvalue weighted by atomic mass is 10.1. The number of amides is 2. The number of benzene rings is 1. The number of ether oxygens (including phenoxy) is 1. The lowest BCUT2D eigenvalue weighted by molar-refractivity contribution is -0.140. The van der Waals surface area contributed by atoms with E-state index in [1.807, 2.05) is 24.0 Å². The molecule has 2 amide bonds. The molecule has 0 aliphatic carbocycles. The molecule has 0 radical (unpaired) electrons. The average molecular weight is 474 g/mol. The largest absolute Gasteiger partial charge is 0.480 e. The normalized spacial score (nSPS) is 16.9. The molecule has 1 saturated heterocycles. The topological polar surface area (TPSA) is 116 Å². The SMILES string of the molecule is CNC(=O)c1nccc2c(O[C@@H](C)C(=O)N3CCN(c4nccc5[nH]ncc45)C[C@H]3C)cccc12. The molecule has 1 aromatic carbocycles. The van der Waals surface area contributed by atoms with Gasteiger partial charge in [0.25, 0.3) is 11.8 Å². The fourth-order valence-electron chi connectivity index (χ4n) is 4.64. The van der Waals surface area contributed by atoms with Crippen LogP contribution in [0.15, 0.2) is 48.9 Å². The van der Waals surface area contributed by atoms with Gasteiger partial charge in [0, 0.05) is 55.9 Å². The number of pyridine rings is 2. The van der Waals surface area contributed by atoms with Crippen LogP contribution in [-0.2, 0) is 4.79 Å². The summed E-state index contributed by atoms with van der Waals surface area (Å²) in [5.41, 5.74) is 1.26. The molecule has 2 N–H and O–H groups in total. The lowest BCUT2D eigenvalue weighted by Gasteiger charge is -2.41. The van der Waals surface area contributed by atoms with Crippen LogP contribution in [0.3, 0.4) is 0 Å². The average Bonchev–Trinajstić information content (AvgIpc) is 3.37. The Labute approximate surface area is 202 Å². The molecule has 4 heterocycles. The number of H-pyrrole nitrogens is 1. The molecule has 0 unspecified atom stereocenters. The Kier molecular flexibility index (Phi) is 5.94. The van der Waals surface area contributed by atoms with Crippen LogP contribution in [0.25, 0.3) is 21.7 Å². The number of nitrogens with zero attached hydrogens (tertiary/aromatic N) is 5. The highest BCUT2D eigenvalue weighted by molar-refractivity contribution is 6.06. The molecule has 10 nitrogen and oxygen atoms in total. The zero-order valence-corrected chi connectivity index (χ0v) is 19.9. The van der Waals surface area contributed by atoms with Crippen LogP contribution in [0.1, 0.15) is 24.3 Å². The molecule has 5 rings (SSSR count). The minimum Gasteiger partial charge on any atom is -0.480 e. The molecular formula is C25H27N7O3. The van der Waals surface area contributed by atoms with Crippen molar-refractivity contribution >= 4 is 39.3 Å². The molecule has 3 aromatic heterocycles. The Hall–Kier alpha value is -4.21. The highest BCUT2D eigenvalue weighted by Crippen LogP contribution is 2.29. The summed E-state index contributed by atoms with van der Waals surface area (Å²) in [5.74, 6) is 1.06. The first-order chi connectivity index (χ1) is 17.0. The van der Waals surface area contributed by atoms with Gasteiger partial charge in [0.05, 0.1) is 17.1 Å². The third-order valence-corrected chi connectivity index (χ3v) is 6.42.